The molecule has 0 radical (unpaired) electrons. The Morgan fingerprint density at radius 3 is 2.78 bits per heavy atom. The molecule has 0 spiro atoms. The van der Waals surface area contributed by atoms with Crippen LogP contribution in [0.5, 0.6) is 0 Å². The van der Waals surface area contributed by atoms with Crippen LogP contribution in [0.1, 0.15) is 24.8 Å². The van der Waals surface area contributed by atoms with E-state index < -0.39 is 10.0 Å². The summed E-state index contributed by atoms with van der Waals surface area (Å²) in [5, 5.41) is 0. The highest BCUT2D eigenvalue weighted by atomic mass is 32.2. The molecule has 0 saturated carbocycles. The van der Waals surface area contributed by atoms with Gasteiger partial charge in [-0.2, -0.15) is 0 Å². The molecule has 98 valence electrons. The minimum Gasteiger partial charge on any atom is -0.398 e. The Bertz CT molecular complexity index is 545. The maximum atomic E-state index is 12.0. The molecule has 0 unspecified atom stereocenters. The number of sulfonamides is 1. The number of nitrogens with two attached hydrogens (primary N) is 1. The Kier molecular flexibility index (Phi) is 5.20. The number of anilines is 1. The van der Waals surface area contributed by atoms with Gasteiger partial charge in [0.2, 0.25) is 10.0 Å². The van der Waals surface area contributed by atoms with E-state index >= 15 is 0 Å². The molecule has 3 N–H and O–H groups in total. The van der Waals surface area contributed by atoms with E-state index in [1.807, 2.05) is 0 Å². The molecule has 0 aliphatic rings. The second kappa shape index (κ2) is 6.43. The summed E-state index contributed by atoms with van der Waals surface area (Å²) in [6.07, 6.45) is 7.33. The summed E-state index contributed by atoms with van der Waals surface area (Å²) in [6.45, 7) is 2.08. The molecule has 0 bridgehead atoms. The van der Waals surface area contributed by atoms with E-state index in [0.29, 0.717) is 24.2 Å². The summed E-state index contributed by atoms with van der Waals surface area (Å²) >= 11 is 0. The maximum Gasteiger partial charge on any atom is 0.240 e. The quantitative estimate of drug-likeness (QED) is 0.467. The van der Waals surface area contributed by atoms with Gasteiger partial charge in [0.1, 0.15) is 0 Å². The fourth-order valence-corrected chi connectivity index (χ4v) is 2.91. The average molecular weight is 266 g/mol. The molecule has 0 aliphatic carbocycles. The van der Waals surface area contributed by atoms with Crippen molar-refractivity contribution in [3.63, 3.8) is 0 Å². The van der Waals surface area contributed by atoms with Crippen molar-refractivity contribution in [1.82, 2.24) is 4.72 Å². The van der Waals surface area contributed by atoms with Crippen molar-refractivity contribution < 1.29 is 8.42 Å². The summed E-state index contributed by atoms with van der Waals surface area (Å²) in [7, 11) is -3.48. The van der Waals surface area contributed by atoms with E-state index in [2.05, 4.69) is 10.6 Å². The minimum atomic E-state index is -3.48. The first-order valence-corrected chi connectivity index (χ1v) is 7.25. The molecule has 0 amide bonds. The molecule has 4 nitrogen and oxygen atoms in total. The third-order valence-electron chi connectivity index (χ3n) is 2.66. The monoisotopic (exact) mass is 266 g/mol. The molecule has 1 aromatic carbocycles. The van der Waals surface area contributed by atoms with Gasteiger partial charge in [-0.05, 0) is 37.5 Å². The molecule has 0 heterocycles. The topological polar surface area (TPSA) is 72.2 Å². The van der Waals surface area contributed by atoms with E-state index in [9.17, 15) is 8.42 Å². The van der Waals surface area contributed by atoms with Crippen LogP contribution in [-0.2, 0) is 10.0 Å². The van der Waals surface area contributed by atoms with E-state index in [0.717, 1.165) is 12.8 Å². The number of benzene rings is 1. The van der Waals surface area contributed by atoms with Crippen LogP contribution in [0.4, 0.5) is 5.69 Å². The van der Waals surface area contributed by atoms with Gasteiger partial charge in [-0.1, -0.05) is 6.07 Å². The molecule has 5 heteroatoms. The number of nitrogens with one attached hydrogen (secondary N) is 1. The average Bonchev–Trinajstić information content (AvgIpc) is 2.32. The molecule has 0 fully saturated rings. The number of hydrogen-bond donors (Lipinski definition) is 2. The first kappa shape index (κ1) is 14.6. The van der Waals surface area contributed by atoms with Gasteiger partial charge < -0.3 is 5.73 Å². The Hall–Kier alpha value is -1.51. The number of hydrogen-bond acceptors (Lipinski definition) is 3. The third kappa shape index (κ3) is 3.76. The van der Waals surface area contributed by atoms with Crippen molar-refractivity contribution in [2.24, 2.45) is 0 Å². The molecule has 1 aromatic rings. The lowest BCUT2D eigenvalue weighted by Gasteiger charge is -2.10. The van der Waals surface area contributed by atoms with Crippen molar-refractivity contribution in [3.8, 4) is 12.3 Å². The summed E-state index contributed by atoms with van der Waals surface area (Å²) in [4.78, 5) is 0.236. The SMILES string of the molecule is C#CCCCCNS(=O)(=O)c1cccc(N)c1C. The van der Waals surface area contributed by atoms with Gasteiger partial charge in [-0.25, -0.2) is 13.1 Å². The molecular formula is C13H18N2O2S. The second-order valence-corrected chi connectivity index (χ2v) is 5.76. The Balaban J connectivity index is 2.70. The van der Waals surface area contributed by atoms with Crippen molar-refractivity contribution >= 4 is 15.7 Å². The van der Waals surface area contributed by atoms with Crippen LogP contribution in [0.2, 0.25) is 0 Å². The number of terminal acetylenes is 1. The van der Waals surface area contributed by atoms with Crippen molar-refractivity contribution in [2.45, 2.75) is 31.1 Å². The molecule has 0 saturated heterocycles. The summed E-state index contributed by atoms with van der Waals surface area (Å²) in [5.41, 5.74) is 6.75. The van der Waals surface area contributed by atoms with Crippen LogP contribution in [-0.4, -0.2) is 15.0 Å². The van der Waals surface area contributed by atoms with E-state index in [1.54, 1.807) is 25.1 Å². The highest BCUT2D eigenvalue weighted by molar-refractivity contribution is 7.89. The molecule has 18 heavy (non-hydrogen) atoms. The van der Waals surface area contributed by atoms with E-state index in [4.69, 9.17) is 12.2 Å². The van der Waals surface area contributed by atoms with Crippen molar-refractivity contribution in [2.75, 3.05) is 12.3 Å². The summed E-state index contributed by atoms with van der Waals surface area (Å²) in [5.74, 6) is 2.52. The number of rotatable bonds is 6. The normalized spacial score (nSPS) is 11.1. The standard InChI is InChI=1S/C13H18N2O2S/c1-3-4-5-6-10-15-18(16,17)13-9-7-8-12(14)11(13)2/h1,7-9,15H,4-6,10,14H2,2H3. The van der Waals surface area contributed by atoms with Gasteiger partial charge in [-0.15, -0.1) is 12.3 Å². The molecule has 0 aliphatic heterocycles. The van der Waals surface area contributed by atoms with Crippen LogP contribution in [0.15, 0.2) is 23.1 Å². The van der Waals surface area contributed by atoms with Gasteiger partial charge in [0, 0.05) is 18.7 Å². The lowest BCUT2D eigenvalue weighted by atomic mass is 10.2. The van der Waals surface area contributed by atoms with Gasteiger partial charge in [0.15, 0.2) is 0 Å². The first-order valence-electron chi connectivity index (χ1n) is 5.77. The van der Waals surface area contributed by atoms with Gasteiger partial charge in [0.05, 0.1) is 4.90 Å². The molecule has 0 atom stereocenters. The van der Waals surface area contributed by atoms with Crippen LogP contribution in [0.25, 0.3) is 0 Å². The van der Waals surface area contributed by atoms with E-state index in [-0.39, 0.29) is 4.90 Å². The van der Waals surface area contributed by atoms with Crippen molar-refractivity contribution in [1.29, 1.82) is 0 Å². The van der Waals surface area contributed by atoms with Gasteiger partial charge >= 0.3 is 0 Å². The summed E-state index contributed by atoms with van der Waals surface area (Å²) in [6, 6.07) is 4.87. The number of unbranched alkanes of at least 4 members (excludes halogenated alkanes) is 2. The highest BCUT2D eigenvalue weighted by Gasteiger charge is 2.16. The highest BCUT2D eigenvalue weighted by Crippen LogP contribution is 2.20. The van der Waals surface area contributed by atoms with Gasteiger partial charge in [-0.3, -0.25) is 0 Å². The smallest absolute Gasteiger partial charge is 0.240 e. The third-order valence-corrected chi connectivity index (χ3v) is 4.26. The first-order chi connectivity index (χ1) is 8.49. The van der Waals surface area contributed by atoms with E-state index in [1.165, 1.54) is 0 Å². The van der Waals surface area contributed by atoms with Crippen LogP contribution in [0.3, 0.4) is 0 Å². The molecule has 1 rings (SSSR count). The number of nitrogen functional groups attached to an aromatic ring is 1. The largest absolute Gasteiger partial charge is 0.398 e. The lowest BCUT2D eigenvalue weighted by molar-refractivity contribution is 0.577. The zero-order valence-electron chi connectivity index (χ0n) is 10.4. The van der Waals surface area contributed by atoms with Gasteiger partial charge in [0.25, 0.3) is 0 Å². The zero-order chi connectivity index (χ0) is 13.6. The second-order valence-electron chi connectivity index (χ2n) is 4.03. The van der Waals surface area contributed by atoms with Crippen molar-refractivity contribution in [3.05, 3.63) is 23.8 Å². The van der Waals surface area contributed by atoms with Crippen LogP contribution in [0, 0.1) is 19.3 Å². The summed E-state index contributed by atoms with van der Waals surface area (Å²) < 4.78 is 26.6. The maximum absolute atomic E-state index is 12.0. The Morgan fingerprint density at radius 2 is 2.11 bits per heavy atom. The van der Waals surface area contributed by atoms with Crippen LogP contribution >= 0.6 is 0 Å². The Morgan fingerprint density at radius 1 is 1.39 bits per heavy atom. The fourth-order valence-electron chi connectivity index (χ4n) is 1.56. The minimum absolute atomic E-state index is 0.236. The predicted octanol–water partition coefficient (Wildman–Crippen LogP) is 1.66. The zero-order valence-corrected chi connectivity index (χ0v) is 11.3. The molecular weight excluding hydrogens is 248 g/mol. The predicted molar refractivity (Wildman–Crippen MR) is 73.5 cm³/mol. The van der Waals surface area contributed by atoms with Crippen LogP contribution < -0.4 is 10.5 Å². The lowest BCUT2D eigenvalue weighted by Crippen LogP contribution is -2.25. The fraction of sp³-hybridized carbons (Fsp3) is 0.385. The molecule has 0 aromatic heterocycles. The Labute approximate surface area is 109 Å².